The van der Waals surface area contributed by atoms with Gasteiger partial charge in [-0.2, -0.15) is 0 Å². The normalized spacial score (nSPS) is 11.6. The minimum atomic E-state index is -0.569. The molecule has 5 nitrogen and oxygen atoms in total. The Morgan fingerprint density at radius 1 is 1.00 bits per heavy atom. The van der Waals surface area contributed by atoms with Gasteiger partial charge in [-0.15, -0.1) is 0 Å². The molecule has 1 N–H and O–H groups in total. The molecule has 0 aromatic heterocycles. The first kappa shape index (κ1) is 20.9. The van der Waals surface area contributed by atoms with E-state index in [0.29, 0.717) is 48.5 Å². The standard InChI is InChI=1S/C21H26ClNO4/c1-4-18(27-17-10-8-16(22)9-11-17)21(24)23-14-15-7-12-19(25-5-2)20(13-15)26-6-3/h7-13,18H,4-6,14H2,1-3H3,(H,23,24). The lowest BCUT2D eigenvalue weighted by molar-refractivity contribution is -0.128. The summed E-state index contributed by atoms with van der Waals surface area (Å²) in [5.74, 6) is 1.82. The number of halogens is 1. The second kappa shape index (κ2) is 10.7. The van der Waals surface area contributed by atoms with Crippen LogP contribution < -0.4 is 19.5 Å². The molecule has 1 unspecified atom stereocenters. The summed E-state index contributed by atoms with van der Waals surface area (Å²) in [6.45, 7) is 7.24. The van der Waals surface area contributed by atoms with E-state index in [1.165, 1.54) is 0 Å². The third kappa shape index (κ3) is 6.36. The van der Waals surface area contributed by atoms with Crippen LogP contribution in [-0.2, 0) is 11.3 Å². The molecule has 0 saturated carbocycles. The number of carbonyl (C=O) groups excluding carboxylic acids is 1. The van der Waals surface area contributed by atoms with E-state index in [1.54, 1.807) is 24.3 Å². The van der Waals surface area contributed by atoms with Crippen molar-refractivity contribution in [3.63, 3.8) is 0 Å². The molecular weight excluding hydrogens is 366 g/mol. The third-order valence-electron chi connectivity index (χ3n) is 3.83. The van der Waals surface area contributed by atoms with Gasteiger partial charge in [0.25, 0.3) is 5.91 Å². The van der Waals surface area contributed by atoms with E-state index < -0.39 is 6.10 Å². The highest BCUT2D eigenvalue weighted by molar-refractivity contribution is 6.30. The molecule has 27 heavy (non-hydrogen) atoms. The minimum absolute atomic E-state index is 0.167. The number of amides is 1. The van der Waals surface area contributed by atoms with Gasteiger partial charge in [0.15, 0.2) is 17.6 Å². The zero-order valence-corrected chi connectivity index (χ0v) is 16.7. The van der Waals surface area contributed by atoms with Crippen molar-refractivity contribution in [2.75, 3.05) is 13.2 Å². The van der Waals surface area contributed by atoms with Crippen molar-refractivity contribution in [3.05, 3.63) is 53.1 Å². The van der Waals surface area contributed by atoms with Gasteiger partial charge in [-0.3, -0.25) is 4.79 Å². The van der Waals surface area contributed by atoms with Crippen LogP contribution in [0.4, 0.5) is 0 Å². The van der Waals surface area contributed by atoms with Crippen molar-refractivity contribution in [3.8, 4) is 17.2 Å². The molecule has 0 saturated heterocycles. The number of carbonyl (C=O) groups is 1. The van der Waals surface area contributed by atoms with Crippen LogP contribution in [0.15, 0.2) is 42.5 Å². The Morgan fingerprint density at radius 3 is 2.30 bits per heavy atom. The van der Waals surface area contributed by atoms with Crippen LogP contribution in [0.3, 0.4) is 0 Å². The Morgan fingerprint density at radius 2 is 1.67 bits per heavy atom. The molecule has 146 valence electrons. The van der Waals surface area contributed by atoms with Gasteiger partial charge in [0.05, 0.1) is 13.2 Å². The zero-order chi connectivity index (χ0) is 19.6. The highest BCUT2D eigenvalue weighted by atomic mass is 35.5. The lowest BCUT2D eigenvalue weighted by atomic mass is 10.2. The third-order valence-corrected chi connectivity index (χ3v) is 4.08. The molecular formula is C21H26ClNO4. The molecule has 0 fully saturated rings. The predicted molar refractivity (Wildman–Crippen MR) is 107 cm³/mol. The minimum Gasteiger partial charge on any atom is -0.490 e. The van der Waals surface area contributed by atoms with Crippen LogP contribution in [0.5, 0.6) is 17.2 Å². The molecule has 0 radical (unpaired) electrons. The Kier molecular flexibility index (Phi) is 8.27. The van der Waals surface area contributed by atoms with E-state index in [1.807, 2.05) is 39.0 Å². The fourth-order valence-electron chi connectivity index (χ4n) is 2.51. The molecule has 1 atom stereocenters. The van der Waals surface area contributed by atoms with Gasteiger partial charge >= 0.3 is 0 Å². The maximum atomic E-state index is 12.5. The smallest absolute Gasteiger partial charge is 0.261 e. The van der Waals surface area contributed by atoms with E-state index in [-0.39, 0.29) is 5.91 Å². The first-order chi connectivity index (χ1) is 13.1. The molecule has 0 aliphatic heterocycles. The SMILES string of the molecule is CCOc1ccc(CNC(=O)C(CC)Oc2ccc(Cl)cc2)cc1OCC. The molecule has 1 amide bonds. The van der Waals surface area contributed by atoms with Crippen molar-refractivity contribution < 1.29 is 19.0 Å². The first-order valence-corrected chi connectivity index (χ1v) is 9.53. The van der Waals surface area contributed by atoms with Gasteiger partial charge < -0.3 is 19.5 Å². The summed E-state index contributed by atoms with van der Waals surface area (Å²) in [5.41, 5.74) is 0.927. The number of hydrogen-bond donors (Lipinski definition) is 1. The van der Waals surface area contributed by atoms with Gasteiger partial charge in [-0.05, 0) is 62.2 Å². The van der Waals surface area contributed by atoms with Crippen LogP contribution in [-0.4, -0.2) is 25.2 Å². The highest BCUT2D eigenvalue weighted by Crippen LogP contribution is 2.28. The van der Waals surface area contributed by atoms with Gasteiger partial charge in [-0.1, -0.05) is 24.6 Å². The summed E-state index contributed by atoms with van der Waals surface area (Å²) in [7, 11) is 0. The van der Waals surface area contributed by atoms with E-state index in [4.69, 9.17) is 25.8 Å². The summed E-state index contributed by atoms with van der Waals surface area (Å²) < 4.78 is 16.9. The Hall–Kier alpha value is -2.40. The molecule has 0 spiro atoms. The second-order valence-electron chi connectivity index (χ2n) is 5.83. The Bertz CT molecular complexity index is 733. The van der Waals surface area contributed by atoms with E-state index in [0.717, 1.165) is 5.56 Å². The molecule has 2 rings (SSSR count). The van der Waals surface area contributed by atoms with Gasteiger partial charge in [-0.25, -0.2) is 0 Å². The Balaban J connectivity index is 1.98. The number of nitrogens with one attached hydrogen (secondary N) is 1. The summed E-state index contributed by atoms with van der Waals surface area (Å²) >= 11 is 5.87. The van der Waals surface area contributed by atoms with E-state index >= 15 is 0 Å². The van der Waals surface area contributed by atoms with Crippen LogP contribution in [0.25, 0.3) is 0 Å². The summed E-state index contributed by atoms with van der Waals surface area (Å²) in [4.78, 5) is 12.5. The average Bonchev–Trinajstić information content (AvgIpc) is 2.67. The quantitative estimate of drug-likeness (QED) is 0.642. The molecule has 6 heteroatoms. The lowest BCUT2D eigenvalue weighted by Gasteiger charge is -2.18. The highest BCUT2D eigenvalue weighted by Gasteiger charge is 2.18. The van der Waals surface area contributed by atoms with Crippen molar-refractivity contribution in [1.82, 2.24) is 5.32 Å². The van der Waals surface area contributed by atoms with Gasteiger partial charge in [0.2, 0.25) is 0 Å². The second-order valence-corrected chi connectivity index (χ2v) is 6.27. The van der Waals surface area contributed by atoms with Crippen LogP contribution in [0, 0.1) is 0 Å². The maximum absolute atomic E-state index is 12.5. The van der Waals surface area contributed by atoms with Crippen molar-refractivity contribution in [2.45, 2.75) is 39.8 Å². The first-order valence-electron chi connectivity index (χ1n) is 9.15. The Labute approximate surface area is 165 Å². The summed E-state index contributed by atoms with van der Waals surface area (Å²) in [6.07, 6.45) is -0.0118. The molecule has 0 aliphatic carbocycles. The molecule has 0 bridgehead atoms. The van der Waals surface area contributed by atoms with Gasteiger partial charge in [0.1, 0.15) is 5.75 Å². The fourth-order valence-corrected chi connectivity index (χ4v) is 2.63. The lowest BCUT2D eigenvalue weighted by Crippen LogP contribution is -2.37. The van der Waals surface area contributed by atoms with Crippen LogP contribution in [0.2, 0.25) is 5.02 Å². The molecule has 2 aromatic carbocycles. The maximum Gasteiger partial charge on any atom is 0.261 e. The van der Waals surface area contributed by atoms with Crippen molar-refractivity contribution in [1.29, 1.82) is 0 Å². The number of ether oxygens (including phenoxy) is 3. The van der Waals surface area contributed by atoms with Crippen molar-refractivity contribution >= 4 is 17.5 Å². The fraction of sp³-hybridized carbons (Fsp3) is 0.381. The molecule has 0 aliphatic rings. The molecule has 0 heterocycles. The van der Waals surface area contributed by atoms with Crippen molar-refractivity contribution in [2.24, 2.45) is 0 Å². The molecule has 2 aromatic rings. The zero-order valence-electron chi connectivity index (χ0n) is 16.0. The van der Waals surface area contributed by atoms with Crippen LogP contribution in [0.1, 0.15) is 32.8 Å². The summed E-state index contributed by atoms with van der Waals surface area (Å²) in [5, 5.41) is 3.54. The monoisotopic (exact) mass is 391 g/mol. The number of hydrogen-bond acceptors (Lipinski definition) is 4. The van der Waals surface area contributed by atoms with E-state index in [9.17, 15) is 4.79 Å². The average molecular weight is 392 g/mol. The van der Waals surface area contributed by atoms with Crippen LogP contribution >= 0.6 is 11.6 Å². The number of benzene rings is 2. The predicted octanol–water partition coefficient (Wildman–Crippen LogP) is 4.61. The topological polar surface area (TPSA) is 56.8 Å². The largest absolute Gasteiger partial charge is 0.490 e. The van der Waals surface area contributed by atoms with Gasteiger partial charge in [0, 0.05) is 11.6 Å². The number of rotatable bonds is 10. The van der Waals surface area contributed by atoms with E-state index in [2.05, 4.69) is 5.32 Å². The summed E-state index contributed by atoms with van der Waals surface area (Å²) in [6, 6.07) is 12.6.